The number of ketones is 1. The second kappa shape index (κ2) is 3.80. The molecular weight excluding hydrogens is 192 g/mol. The quantitative estimate of drug-likeness (QED) is 0.652. The molecule has 0 heterocycles. The van der Waals surface area contributed by atoms with Gasteiger partial charge in [-0.05, 0) is 32.6 Å². The van der Waals surface area contributed by atoms with Gasteiger partial charge in [0.05, 0.1) is 12.0 Å². The van der Waals surface area contributed by atoms with E-state index in [1.54, 1.807) is 6.92 Å². The fourth-order valence-corrected chi connectivity index (χ4v) is 2.76. The summed E-state index contributed by atoms with van der Waals surface area (Å²) in [7, 11) is 0. The zero-order chi connectivity index (χ0) is 10.9. The Morgan fingerprint density at radius 3 is 2.93 bits per heavy atom. The Bertz CT molecular complexity index is 330. The summed E-state index contributed by atoms with van der Waals surface area (Å²) in [6.07, 6.45) is 5.89. The van der Waals surface area contributed by atoms with Crippen molar-refractivity contribution in [1.82, 2.24) is 0 Å². The molecule has 1 unspecified atom stereocenters. The van der Waals surface area contributed by atoms with Gasteiger partial charge in [-0.1, -0.05) is 6.08 Å². The number of Topliss-reactive ketones (excluding diaryl/α,β-unsaturated/α-hetero) is 1. The molecule has 0 N–H and O–H groups in total. The maximum atomic E-state index is 11.9. The van der Waals surface area contributed by atoms with Crippen LogP contribution in [0.2, 0.25) is 0 Å². The standard InChI is InChI=1S/C12H16O3/c1-2-15-11(14)9-5-3-7-12(9)8-4-6-10(12)13/h5H,2-4,6-8H2,1H3. The fraction of sp³-hybridized carbons (Fsp3) is 0.667. The summed E-state index contributed by atoms with van der Waals surface area (Å²) in [6.45, 7) is 2.16. The van der Waals surface area contributed by atoms with Crippen molar-refractivity contribution in [3.63, 3.8) is 0 Å². The third kappa shape index (κ3) is 1.50. The van der Waals surface area contributed by atoms with Gasteiger partial charge in [0, 0.05) is 12.0 Å². The first-order valence-electron chi connectivity index (χ1n) is 5.62. The van der Waals surface area contributed by atoms with Crippen molar-refractivity contribution in [3.05, 3.63) is 11.6 Å². The number of ether oxygens (including phenoxy) is 1. The molecule has 3 heteroatoms. The van der Waals surface area contributed by atoms with Crippen LogP contribution < -0.4 is 0 Å². The van der Waals surface area contributed by atoms with E-state index in [1.807, 2.05) is 6.08 Å². The summed E-state index contributed by atoms with van der Waals surface area (Å²) in [6, 6.07) is 0. The van der Waals surface area contributed by atoms with Crippen LogP contribution in [0.1, 0.15) is 39.0 Å². The molecule has 2 rings (SSSR count). The third-order valence-electron chi connectivity index (χ3n) is 3.47. The Kier molecular flexibility index (Phi) is 2.63. The van der Waals surface area contributed by atoms with Crippen molar-refractivity contribution < 1.29 is 14.3 Å². The van der Waals surface area contributed by atoms with Crippen LogP contribution in [0.4, 0.5) is 0 Å². The van der Waals surface area contributed by atoms with Gasteiger partial charge < -0.3 is 4.74 Å². The molecule has 0 bridgehead atoms. The largest absolute Gasteiger partial charge is 0.463 e. The predicted octanol–water partition coefficient (Wildman–Crippen LogP) is 2.01. The molecule has 1 saturated carbocycles. The Morgan fingerprint density at radius 2 is 2.33 bits per heavy atom. The number of carbonyl (C=O) groups is 2. The Hall–Kier alpha value is -1.12. The van der Waals surface area contributed by atoms with E-state index in [-0.39, 0.29) is 11.8 Å². The van der Waals surface area contributed by atoms with E-state index in [4.69, 9.17) is 4.74 Å². The topological polar surface area (TPSA) is 43.4 Å². The number of hydrogen-bond donors (Lipinski definition) is 0. The first kappa shape index (κ1) is 10.4. The minimum absolute atomic E-state index is 0.235. The molecule has 1 spiro atoms. The van der Waals surface area contributed by atoms with E-state index in [2.05, 4.69) is 0 Å². The second-order valence-electron chi connectivity index (χ2n) is 4.24. The van der Waals surface area contributed by atoms with Gasteiger partial charge in [0.1, 0.15) is 5.78 Å². The Labute approximate surface area is 89.5 Å². The molecular formula is C12H16O3. The van der Waals surface area contributed by atoms with Crippen LogP contribution in [0.3, 0.4) is 0 Å². The maximum absolute atomic E-state index is 11.9. The van der Waals surface area contributed by atoms with Gasteiger partial charge in [0.25, 0.3) is 0 Å². The van der Waals surface area contributed by atoms with Crippen molar-refractivity contribution in [1.29, 1.82) is 0 Å². The third-order valence-corrected chi connectivity index (χ3v) is 3.47. The summed E-state index contributed by atoms with van der Waals surface area (Å²) < 4.78 is 5.00. The lowest BCUT2D eigenvalue weighted by molar-refractivity contribution is -0.141. The highest BCUT2D eigenvalue weighted by Crippen LogP contribution is 2.49. The number of esters is 1. The monoisotopic (exact) mass is 208 g/mol. The van der Waals surface area contributed by atoms with Crippen molar-refractivity contribution in [2.24, 2.45) is 5.41 Å². The summed E-state index contributed by atoms with van der Waals surface area (Å²) in [5.41, 5.74) is 0.165. The van der Waals surface area contributed by atoms with E-state index in [0.717, 1.165) is 25.7 Å². The van der Waals surface area contributed by atoms with Crippen LogP contribution in [0.25, 0.3) is 0 Å². The predicted molar refractivity (Wildman–Crippen MR) is 55.2 cm³/mol. The first-order valence-corrected chi connectivity index (χ1v) is 5.62. The highest BCUT2D eigenvalue weighted by atomic mass is 16.5. The molecule has 82 valence electrons. The van der Waals surface area contributed by atoms with Gasteiger partial charge in [-0.25, -0.2) is 4.79 Å². The zero-order valence-corrected chi connectivity index (χ0v) is 9.04. The average Bonchev–Trinajstić information content (AvgIpc) is 2.77. The SMILES string of the molecule is CCOC(=O)C1=CCCC12CCCC2=O. The molecule has 1 atom stereocenters. The van der Waals surface area contributed by atoms with Crippen LogP contribution >= 0.6 is 0 Å². The Balaban J connectivity index is 2.24. The summed E-state index contributed by atoms with van der Waals surface area (Å²) >= 11 is 0. The van der Waals surface area contributed by atoms with Gasteiger partial charge >= 0.3 is 5.97 Å². The lowest BCUT2D eigenvalue weighted by atomic mass is 9.78. The summed E-state index contributed by atoms with van der Waals surface area (Å²) in [5, 5.41) is 0. The molecule has 2 aliphatic carbocycles. The molecule has 0 saturated heterocycles. The molecule has 0 aromatic rings. The van der Waals surface area contributed by atoms with Crippen molar-refractivity contribution in [3.8, 4) is 0 Å². The van der Waals surface area contributed by atoms with Crippen molar-refractivity contribution in [2.45, 2.75) is 39.0 Å². The second-order valence-corrected chi connectivity index (χ2v) is 4.24. The number of rotatable bonds is 2. The van der Waals surface area contributed by atoms with E-state index < -0.39 is 5.41 Å². The van der Waals surface area contributed by atoms with E-state index in [1.165, 1.54) is 0 Å². The molecule has 15 heavy (non-hydrogen) atoms. The minimum Gasteiger partial charge on any atom is -0.463 e. The van der Waals surface area contributed by atoms with E-state index >= 15 is 0 Å². The zero-order valence-electron chi connectivity index (χ0n) is 9.04. The molecule has 0 aromatic heterocycles. The molecule has 1 fully saturated rings. The summed E-state index contributed by atoms with van der Waals surface area (Å²) in [5.74, 6) is -0.0513. The van der Waals surface area contributed by atoms with Crippen LogP contribution in [-0.2, 0) is 14.3 Å². The molecule has 3 nitrogen and oxygen atoms in total. The smallest absolute Gasteiger partial charge is 0.334 e. The normalized spacial score (nSPS) is 29.7. The molecule has 0 aromatic carbocycles. The molecule has 0 amide bonds. The highest BCUT2D eigenvalue weighted by Gasteiger charge is 2.49. The van der Waals surface area contributed by atoms with Gasteiger partial charge in [-0.3, -0.25) is 4.79 Å². The van der Waals surface area contributed by atoms with Gasteiger partial charge in [0.2, 0.25) is 0 Å². The van der Waals surface area contributed by atoms with E-state index in [0.29, 0.717) is 18.6 Å². The number of allylic oxidation sites excluding steroid dienone is 1. The van der Waals surface area contributed by atoms with Gasteiger partial charge in [0.15, 0.2) is 0 Å². The van der Waals surface area contributed by atoms with Gasteiger partial charge in [-0.2, -0.15) is 0 Å². The highest BCUT2D eigenvalue weighted by molar-refractivity contribution is 6.02. The first-order chi connectivity index (χ1) is 7.20. The van der Waals surface area contributed by atoms with E-state index in [9.17, 15) is 9.59 Å². The molecule has 0 aliphatic heterocycles. The Morgan fingerprint density at radius 1 is 1.53 bits per heavy atom. The fourth-order valence-electron chi connectivity index (χ4n) is 2.76. The van der Waals surface area contributed by atoms with Crippen LogP contribution in [0, 0.1) is 5.41 Å². The van der Waals surface area contributed by atoms with Crippen molar-refractivity contribution in [2.75, 3.05) is 6.61 Å². The molecule has 2 aliphatic rings. The van der Waals surface area contributed by atoms with Crippen LogP contribution in [0.15, 0.2) is 11.6 Å². The number of hydrogen-bond acceptors (Lipinski definition) is 3. The van der Waals surface area contributed by atoms with Crippen LogP contribution in [0.5, 0.6) is 0 Å². The minimum atomic E-state index is -0.466. The lowest BCUT2D eigenvalue weighted by Gasteiger charge is -2.23. The summed E-state index contributed by atoms with van der Waals surface area (Å²) in [4.78, 5) is 23.6. The van der Waals surface area contributed by atoms with Crippen LogP contribution in [-0.4, -0.2) is 18.4 Å². The average molecular weight is 208 g/mol. The maximum Gasteiger partial charge on any atom is 0.334 e. The van der Waals surface area contributed by atoms with Gasteiger partial charge in [-0.15, -0.1) is 0 Å². The molecule has 0 radical (unpaired) electrons. The lowest BCUT2D eigenvalue weighted by Crippen LogP contribution is -2.30. The number of carbonyl (C=O) groups excluding carboxylic acids is 2. The van der Waals surface area contributed by atoms with Crippen molar-refractivity contribution >= 4 is 11.8 Å².